The van der Waals surface area contributed by atoms with Crippen LogP contribution in [0.3, 0.4) is 0 Å². The average Bonchev–Trinajstić information content (AvgIpc) is 2.62. The minimum Gasteiger partial charge on any atom is -0.504 e. The molecule has 0 unspecified atom stereocenters. The molecule has 6 heteroatoms. The normalized spacial score (nSPS) is 13.3. The lowest BCUT2D eigenvalue weighted by Crippen LogP contribution is -2.36. The minimum atomic E-state index is 0.00503. The molecule has 6 nitrogen and oxygen atoms in total. The van der Waals surface area contributed by atoms with Gasteiger partial charge >= 0.3 is 0 Å². The van der Waals surface area contributed by atoms with Crippen molar-refractivity contribution in [2.75, 3.05) is 20.8 Å². The van der Waals surface area contributed by atoms with E-state index in [0.29, 0.717) is 31.0 Å². The first-order valence-corrected chi connectivity index (χ1v) is 8.04. The smallest absolute Gasteiger partial charge is 0.227 e. The number of hydrogen-bond donors (Lipinski definition) is 2. The summed E-state index contributed by atoms with van der Waals surface area (Å²) in [4.78, 5) is 14.4. The van der Waals surface area contributed by atoms with E-state index in [1.807, 2.05) is 0 Å². The van der Waals surface area contributed by atoms with E-state index in [0.717, 1.165) is 16.7 Å². The van der Waals surface area contributed by atoms with Gasteiger partial charge in [-0.1, -0.05) is 6.07 Å². The van der Waals surface area contributed by atoms with Gasteiger partial charge < -0.3 is 24.6 Å². The zero-order valence-electron chi connectivity index (χ0n) is 14.3. The predicted molar refractivity (Wildman–Crippen MR) is 92.1 cm³/mol. The van der Waals surface area contributed by atoms with Crippen LogP contribution in [-0.2, 0) is 24.2 Å². The number of nitrogens with zero attached hydrogens (tertiary/aromatic N) is 1. The Morgan fingerprint density at radius 1 is 1.04 bits per heavy atom. The number of phenolic OH excluding ortho intramolecular Hbond substituents is 2. The van der Waals surface area contributed by atoms with Gasteiger partial charge in [-0.15, -0.1) is 0 Å². The van der Waals surface area contributed by atoms with Crippen LogP contribution in [0.5, 0.6) is 23.0 Å². The summed E-state index contributed by atoms with van der Waals surface area (Å²) >= 11 is 0. The number of fused-ring (bicyclic) bond motifs is 1. The van der Waals surface area contributed by atoms with Crippen molar-refractivity contribution in [3.63, 3.8) is 0 Å². The molecule has 0 aliphatic carbocycles. The summed E-state index contributed by atoms with van der Waals surface area (Å²) in [6.07, 6.45) is 0.929. The maximum absolute atomic E-state index is 12.6. The number of carbonyl (C=O) groups is 1. The van der Waals surface area contributed by atoms with Crippen LogP contribution in [0.25, 0.3) is 0 Å². The highest BCUT2D eigenvalue weighted by Gasteiger charge is 2.22. The molecule has 0 bridgehead atoms. The first-order valence-electron chi connectivity index (χ1n) is 8.04. The molecule has 1 aliphatic rings. The van der Waals surface area contributed by atoms with E-state index in [2.05, 4.69) is 0 Å². The SMILES string of the molecule is COc1cc(CC(=O)N2CCc3cc(O)c(OC)cc3C2)ccc1O. The minimum absolute atomic E-state index is 0.00503. The van der Waals surface area contributed by atoms with Crippen molar-refractivity contribution < 1.29 is 24.5 Å². The highest BCUT2D eigenvalue weighted by Crippen LogP contribution is 2.32. The van der Waals surface area contributed by atoms with Crippen molar-refractivity contribution >= 4 is 5.91 Å². The molecule has 2 aromatic carbocycles. The molecule has 132 valence electrons. The van der Waals surface area contributed by atoms with Gasteiger partial charge in [0, 0.05) is 13.1 Å². The summed E-state index contributed by atoms with van der Waals surface area (Å²) in [6.45, 7) is 1.09. The Morgan fingerprint density at radius 3 is 2.48 bits per heavy atom. The Morgan fingerprint density at radius 2 is 1.76 bits per heavy atom. The van der Waals surface area contributed by atoms with Gasteiger partial charge in [-0.25, -0.2) is 0 Å². The first kappa shape index (κ1) is 17.0. The number of rotatable bonds is 4. The van der Waals surface area contributed by atoms with Crippen LogP contribution in [0, 0.1) is 0 Å². The van der Waals surface area contributed by atoms with Gasteiger partial charge in [-0.05, 0) is 47.4 Å². The lowest BCUT2D eigenvalue weighted by molar-refractivity contribution is -0.131. The van der Waals surface area contributed by atoms with Crippen LogP contribution >= 0.6 is 0 Å². The number of methoxy groups -OCH3 is 2. The van der Waals surface area contributed by atoms with Crippen molar-refractivity contribution in [3.8, 4) is 23.0 Å². The van der Waals surface area contributed by atoms with Gasteiger partial charge in [-0.2, -0.15) is 0 Å². The van der Waals surface area contributed by atoms with E-state index in [4.69, 9.17) is 9.47 Å². The quantitative estimate of drug-likeness (QED) is 0.890. The molecule has 1 aliphatic heterocycles. The number of ether oxygens (including phenoxy) is 2. The van der Waals surface area contributed by atoms with Gasteiger partial charge in [0.05, 0.1) is 20.6 Å². The largest absolute Gasteiger partial charge is 0.504 e. The molecule has 0 radical (unpaired) electrons. The van der Waals surface area contributed by atoms with Crippen molar-refractivity contribution in [1.82, 2.24) is 4.90 Å². The van der Waals surface area contributed by atoms with Crippen LogP contribution in [0.4, 0.5) is 0 Å². The fourth-order valence-corrected chi connectivity index (χ4v) is 3.07. The van der Waals surface area contributed by atoms with Gasteiger partial charge in [0.1, 0.15) is 0 Å². The lowest BCUT2D eigenvalue weighted by atomic mass is 9.98. The van der Waals surface area contributed by atoms with Crippen LogP contribution < -0.4 is 9.47 Å². The highest BCUT2D eigenvalue weighted by atomic mass is 16.5. The number of carbonyl (C=O) groups excluding carboxylic acids is 1. The van der Waals surface area contributed by atoms with E-state index >= 15 is 0 Å². The third-order valence-electron chi connectivity index (χ3n) is 4.47. The molecule has 0 atom stereocenters. The van der Waals surface area contributed by atoms with E-state index in [-0.39, 0.29) is 23.8 Å². The maximum atomic E-state index is 12.6. The van der Waals surface area contributed by atoms with Crippen LogP contribution in [0.15, 0.2) is 30.3 Å². The molecule has 25 heavy (non-hydrogen) atoms. The van der Waals surface area contributed by atoms with Crippen molar-refractivity contribution in [1.29, 1.82) is 0 Å². The Bertz CT molecular complexity index is 803. The van der Waals surface area contributed by atoms with E-state index in [1.165, 1.54) is 20.3 Å². The van der Waals surface area contributed by atoms with E-state index < -0.39 is 0 Å². The summed E-state index contributed by atoms with van der Waals surface area (Å²) < 4.78 is 10.2. The molecule has 3 rings (SSSR count). The average molecular weight is 343 g/mol. The molecule has 1 amide bonds. The number of amides is 1. The highest BCUT2D eigenvalue weighted by molar-refractivity contribution is 5.79. The molecule has 2 aromatic rings. The second kappa shape index (κ2) is 6.93. The van der Waals surface area contributed by atoms with Crippen LogP contribution in [0.2, 0.25) is 0 Å². The van der Waals surface area contributed by atoms with Gasteiger partial charge in [0.15, 0.2) is 23.0 Å². The second-order valence-corrected chi connectivity index (χ2v) is 6.04. The molecule has 2 N–H and O–H groups in total. The summed E-state index contributed by atoms with van der Waals surface area (Å²) in [6, 6.07) is 8.41. The standard InChI is InChI=1S/C19H21NO5/c1-24-17-7-12(3-4-15(17)21)8-19(23)20-6-5-13-9-16(22)18(25-2)10-14(13)11-20/h3-4,7,9-10,21-22H,5-6,8,11H2,1-2H3. The Labute approximate surface area is 146 Å². The Balaban J connectivity index is 1.74. The molecule has 0 spiro atoms. The molecule has 0 saturated carbocycles. The van der Waals surface area contributed by atoms with Gasteiger partial charge in [0.2, 0.25) is 5.91 Å². The molecule has 0 aromatic heterocycles. The van der Waals surface area contributed by atoms with Gasteiger partial charge in [0.25, 0.3) is 0 Å². The monoisotopic (exact) mass is 343 g/mol. The topological polar surface area (TPSA) is 79.2 Å². The van der Waals surface area contributed by atoms with E-state index in [1.54, 1.807) is 29.2 Å². The van der Waals surface area contributed by atoms with Gasteiger partial charge in [-0.3, -0.25) is 4.79 Å². The zero-order chi connectivity index (χ0) is 18.0. The van der Waals surface area contributed by atoms with Crippen molar-refractivity contribution in [3.05, 3.63) is 47.0 Å². The van der Waals surface area contributed by atoms with E-state index in [9.17, 15) is 15.0 Å². The molecule has 0 fully saturated rings. The predicted octanol–water partition coefficient (Wildman–Crippen LogP) is 2.24. The summed E-state index contributed by atoms with van der Waals surface area (Å²) in [5, 5.41) is 19.5. The third-order valence-corrected chi connectivity index (χ3v) is 4.47. The molecule has 0 saturated heterocycles. The zero-order valence-corrected chi connectivity index (χ0v) is 14.3. The number of phenols is 2. The van der Waals surface area contributed by atoms with Crippen LogP contribution in [0.1, 0.15) is 16.7 Å². The Kier molecular flexibility index (Phi) is 4.70. The summed E-state index contributed by atoms with van der Waals surface area (Å²) in [5.74, 6) is 0.950. The van der Waals surface area contributed by atoms with Crippen molar-refractivity contribution in [2.45, 2.75) is 19.4 Å². The third kappa shape index (κ3) is 3.47. The summed E-state index contributed by atoms with van der Waals surface area (Å²) in [7, 11) is 2.98. The number of hydrogen-bond acceptors (Lipinski definition) is 5. The second-order valence-electron chi connectivity index (χ2n) is 6.04. The molecular weight excluding hydrogens is 322 g/mol. The van der Waals surface area contributed by atoms with Crippen LogP contribution in [-0.4, -0.2) is 41.8 Å². The lowest BCUT2D eigenvalue weighted by Gasteiger charge is -2.29. The maximum Gasteiger partial charge on any atom is 0.227 e. The fraction of sp³-hybridized carbons (Fsp3) is 0.316. The number of benzene rings is 2. The molecule has 1 heterocycles. The first-order chi connectivity index (χ1) is 12.0. The van der Waals surface area contributed by atoms with Crippen molar-refractivity contribution in [2.24, 2.45) is 0 Å². The molecular formula is C19H21NO5. The number of aromatic hydroxyl groups is 2. The Hall–Kier alpha value is -2.89. The fourth-order valence-electron chi connectivity index (χ4n) is 3.07. The summed E-state index contributed by atoms with van der Waals surface area (Å²) in [5.41, 5.74) is 2.81.